The summed E-state index contributed by atoms with van der Waals surface area (Å²) in [6, 6.07) is 10.1. The second-order valence-electron chi connectivity index (χ2n) is 7.36. The van der Waals surface area contributed by atoms with Gasteiger partial charge < -0.3 is 10.2 Å². The molecular weight excluding hydrogens is 350 g/mol. The Kier molecular flexibility index (Phi) is 6.98. The van der Waals surface area contributed by atoms with Crippen LogP contribution in [-0.2, 0) is 4.79 Å². The van der Waals surface area contributed by atoms with Crippen molar-refractivity contribution in [3.05, 3.63) is 47.8 Å². The van der Waals surface area contributed by atoms with E-state index in [0.717, 1.165) is 61.9 Å². The van der Waals surface area contributed by atoms with E-state index in [1.165, 1.54) is 0 Å². The van der Waals surface area contributed by atoms with Gasteiger partial charge in [0, 0.05) is 30.9 Å². The van der Waals surface area contributed by atoms with Crippen LogP contribution in [0.4, 0.5) is 11.6 Å². The topological polar surface area (TPSA) is 61.4 Å². The van der Waals surface area contributed by atoms with Gasteiger partial charge in [-0.1, -0.05) is 12.1 Å². The number of piperidine rings is 1. The average molecular weight is 382 g/mol. The summed E-state index contributed by atoms with van der Waals surface area (Å²) in [6.07, 6.45) is 3.85. The number of nitrogens with zero attached hydrogens (tertiary/aromatic N) is 4. The van der Waals surface area contributed by atoms with E-state index < -0.39 is 0 Å². The molecule has 3 heterocycles. The van der Waals surface area contributed by atoms with Gasteiger partial charge in [0.15, 0.2) is 0 Å². The summed E-state index contributed by atoms with van der Waals surface area (Å²) >= 11 is 0. The number of hydrogen-bond donors (Lipinski definition) is 1. The molecule has 0 spiro atoms. The molecule has 1 fully saturated rings. The number of aryl methyl sites for hydroxylation is 1. The molecule has 1 saturated heterocycles. The summed E-state index contributed by atoms with van der Waals surface area (Å²) in [7, 11) is 0. The van der Waals surface area contributed by atoms with Crippen LogP contribution in [0.5, 0.6) is 0 Å². The molecule has 0 aliphatic carbocycles. The number of pyridine rings is 2. The minimum absolute atomic E-state index is 0.235. The van der Waals surface area contributed by atoms with Crippen molar-refractivity contribution in [2.75, 3.05) is 38.0 Å². The molecular formula is C22H31N5O. The van der Waals surface area contributed by atoms with Gasteiger partial charge in [0.2, 0.25) is 5.91 Å². The lowest BCUT2D eigenvalue weighted by Gasteiger charge is -2.32. The fraction of sp³-hybridized carbons (Fsp3) is 0.500. The number of anilines is 2. The van der Waals surface area contributed by atoms with E-state index in [2.05, 4.69) is 27.3 Å². The molecule has 1 aliphatic heterocycles. The van der Waals surface area contributed by atoms with Crippen LogP contribution >= 0.6 is 0 Å². The third-order valence-corrected chi connectivity index (χ3v) is 5.51. The Morgan fingerprint density at radius 2 is 1.93 bits per heavy atom. The van der Waals surface area contributed by atoms with Gasteiger partial charge in [-0.3, -0.25) is 9.69 Å². The predicted octanol–water partition coefficient (Wildman–Crippen LogP) is 3.58. The molecule has 0 bridgehead atoms. The summed E-state index contributed by atoms with van der Waals surface area (Å²) in [5.41, 5.74) is 2.22. The van der Waals surface area contributed by atoms with Crippen molar-refractivity contribution in [2.45, 2.75) is 39.5 Å². The van der Waals surface area contributed by atoms with E-state index in [9.17, 15) is 4.79 Å². The maximum Gasteiger partial charge on any atom is 0.236 e. The van der Waals surface area contributed by atoms with Gasteiger partial charge in [-0.25, -0.2) is 9.97 Å². The van der Waals surface area contributed by atoms with Crippen molar-refractivity contribution >= 4 is 17.5 Å². The number of rotatable bonds is 7. The molecule has 0 saturated carbocycles. The van der Waals surface area contributed by atoms with E-state index in [-0.39, 0.29) is 5.91 Å². The van der Waals surface area contributed by atoms with Gasteiger partial charge in [0.05, 0.1) is 6.54 Å². The monoisotopic (exact) mass is 381 g/mol. The van der Waals surface area contributed by atoms with Gasteiger partial charge >= 0.3 is 0 Å². The van der Waals surface area contributed by atoms with E-state index in [4.69, 9.17) is 4.98 Å². The van der Waals surface area contributed by atoms with Crippen molar-refractivity contribution in [1.82, 2.24) is 19.8 Å². The fourth-order valence-electron chi connectivity index (χ4n) is 3.74. The molecule has 1 aliphatic rings. The highest BCUT2D eigenvalue weighted by Crippen LogP contribution is 2.28. The summed E-state index contributed by atoms with van der Waals surface area (Å²) in [4.78, 5) is 25.7. The third-order valence-electron chi connectivity index (χ3n) is 5.51. The highest BCUT2D eigenvalue weighted by Gasteiger charge is 2.24. The Bertz CT molecular complexity index is 782. The maximum atomic E-state index is 12.3. The predicted molar refractivity (Wildman–Crippen MR) is 113 cm³/mol. The smallest absolute Gasteiger partial charge is 0.236 e. The highest BCUT2D eigenvalue weighted by molar-refractivity contribution is 5.78. The number of hydrogen-bond acceptors (Lipinski definition) is 5. The summed E-state index contributed by atoms with van der Waals surface area (Å²) < 4.78 is 0. The first kappa shape index (κ1) is 20.3. The molecule has 3 rings (SSSR count). The molecule has 150 valence electrons. The van der Waals surface area contributed by atoms with Crippen LogP contribution < -0.4 is 5.32 Å². The first-order valence-corrected chi connectivity index (χ1v) is 10.3. The van der Waals surface area contributed by atoms with Gasteiger partial charge in [0.25, 0.3) is 0 Å². The van der Waals surface area contributed by atoms with Crippen molar-refractivity contribution in [3.63, 3.8) is 0 Å². The zero-order chi connectivity index (χ0) is 19.9. The van der Waals surface area contributed by atoms with Crippen LogP contribution in [0.25, 0.3) is 0 Å². The molecule has 6 heteroatoms. The average Bonchev–Trinajstić information content (AvgIpc) is 2.71. The van der Waals surface area contributed by atoms with Crippen LogP contribution in [-0.4, -0.2) is 58.4 Å². The number of nitrogens with one attached hydrogen (secondary N) is 1. The van der Waals surface area contributed by atoms with Crippen LogP contribution in [0, 0.1) is 6.92 Å². The zero-order valence-electron chi connectivity index (χ0n) is 17.2. The lowest BCUT2D eigenvalue weighted by atomic mass is 9.93. The Hall–Kier alpha value is -2.47. The molecule has 0 unspecified atom stereocenters. The number of aromatic nitrogens is 2. The molecule has 0 radical (unpaired) electrons. The van der Waals surface area contributed by atoms with Crippen LogP contribution in [0.2, 0.25) is 0 Å². The van der Waals surface area contributed by atoms with Crippen molar-refractivity contribution in [3.8, 4) is 0 Å². The minimum atomic E-state index is 0.235. The second-order valence-corrected chi connectivity index (χ2v) is 7.36. The standard InChI is InChI=1S/C22H31N5O/c1-4-27(5-2)21(28)16-26-14-11-18(12-15-26)19-9-6-10-20(24-19)25-22-17(3)8-7-13-23-22/h6-10,13,18H,4-5,11-12,14-16H2,1-3H3,(H,23,24,25). The minimum Gasteiger partial charge on any atom is -0.342 e. The molecule has 0 atom stereocenters. The summed E-state index contributed by atoms with van der Waals surface area (Å²) in [6.45, 7) is 10.1. The lowest BCUT2D eigenvalue weighted by molar-refractivity contribution is -0.132. The van der Waals surface area contributed by atoms with Crippen LogP contribution in [0.3, 0.4) is 0 Å². The van der Waals surface area contributed by atoms with E-state index in [1.54, 1.807) is 6.20 Å². The molecule has 28 heavy (non-hydrogen) atoms. The zero-order valence-corrected chi connectivity index (χ0v) is 17.2. The number of carbonyl (C=O) groups excluding carboxylic acids is 1. The number of likely N-dealkylation sites (tertiary alicyclic amines) is 1. The van der Waals surface area contributed by atoms with Crippen molar-refractivity contribution in [1.29, 1.82) is 0 Å². The van der Waals surface area contributed by atoms with Gasteiger partial charge in [-0.2, -0.15) is 0 Å². The first-order chi connectivity index (χ1) is 13.6. The molecule has 1 N–H and O–H groups in total. The molecule has 2 aromatic rings. The number of likely N-dealkylation sites (N-methyl/N-ethyl adjacent to an activating group) is 1. The molecule has 2 aromatic heterocycles. The van der Waals surface area contributed by atoms with Gasteiger partial charge in [0.1, 0.15) is 11.6 Å². The lowest BCUT2D eigenvalue weighted by Crippen LogP contribution is -2.43. The van der Waals surface area contributed by atoms with E-state index in [1.807, 2.05) is 43.9 Å². The van der Waals surface area contributed by atoms with Gasteiger partial charge in [-0.05, 0) is 70.5 Å². The maximum absolute atomic E-state index is 12.3. The Labute approximate surface area is 168 Å². The normalized spacial score (nSPS) is 15.4. The Morgan fingerprint density at radius 1 is 1.18 bits per heavy atom. The summed E-state index contributed by atoms with van der Waals surface area (Å²) in [5, 5.41) is 3.33. The first-order valence-electron chi connectivity index (χ1n) is 10.3. The number of amides is 1. The largest absolute Gasteiger partial charge is 0.342 e. The van der Waals surface area contributed by atoms with Gasteiger partial charge in [-0.15, -0.1) is 0 Å². The SMILES string of the molecule is CCN(CC)C(=O)CN1CCC(c2cccc(Nc3ncccc3C)n2)CC1. The van der Waals surface area contributed by atoms with Crippen LogP contribution in [0.1, 0.15) is 43.9 Å². The fourth-order valence-corrected chi connectivity index (χ4v) is 3.74. The Balaban J connectivity index is 1.57. The second kappa shape index (κ2) is 9.64. The molecule has 6 nitrogen and oxygen atoms in total. The highest BCUT2D eigenvalue weighted by atomic mass is 16.2. The summed E-state index contributed by atoms with van der Waals surface area (Å²) in [5.74, 6) is 2.35. The Morgan fingerprint density at radius 3 is 2.61 bits per heavy atom. The quantitative estimate of drug-likeness (QED) is 0.794. The van der Waals surface area contributed by atoms with E-state index in [0.29, 0.717) is 12.5 Å². The number of carbonyl (C=O) groups is 1. The van der Waals surface area contributed by atoms with E-state index >= 15 is 0 Å². The molecule has 0 aromatic carbocycles. The molecule has 1 amide bonds. The van der Waals surface area contributed by atoms with Crippen LogP contribution in [0.15, 0.2) is 36.5 Å². The van der Waals surface area contributed by atoms with Crippen molar-refractivity contribution in [2.24, 2.45) is 0 Å². The van der Waals surface area contributed by atoms with Crippen molar-refractivity contribution < 1.29 is 4.79 Å². The third kappa shape index (κ3) is 5.07.